The van der Waals surface area contributed by atoms with Gasteiger partial charge in [0.15, 0.2) is 0 Å². The lowest BCUT2D eigenvalue weighted by molar-refractivity contribution is 0.0940. The quantitative estimate of drug-likeness (QED) is 0.371. The zero-order valence-corrected chi connectivity index (χ0v) is 17.4. The van der Waals surface area contributed by atoms with E-state index in [1.165, 1.54) is 24.3 Å². The number of hydrogen-bond donors (Lipinski definition) is 4. The van der Waals surface area contributed by atoms with Gasteiger partial charge in [0, 0.05) is 11.3 Å². The van der Waals surface area contributed by atoms with Crippen molar-refractivity contribution in [2.75, 3.05) is 4.72 Å². The number of H-pyrrole nitrogens is 2. The van der Waals surface area contributed by atoms with Crippen molar-refractivity contribution in [3.8, 4) is 0 Å². The Morgan fingerprint density at radius 1 is 0.903 bits per heavy atom. The van der Waals surface area contributed by atoms with Crippen molar-refractivity contribution in [3.63, 3.8) is 0 Å². The maximum Gasteiger partial charge on any atom is 0.323 e. The van der Waals surface area contributed by atoms with E-state index < -0.39 is 10.0 Å². The first-order chi connectivity index (χ1) is 14.8. The van der Waals surface area contributed by atoms with Gasteiger partial charge in [0.1, 0.15) is 0 Å². The predicted octanol–water partition coefficient (Wildman–Crippen LogP) is 3.15. The Kier molecular flexibility index (Phi) is 5.35. The Bertz CT molecular complexity index is 1390. The van der Waals surface area contributed by atoms with E-state index in [0.29, 0.717) is 22.3 Å². The molecule has 0 saturated carbocycles. The molecule has 31 heavy (non-hydrogen) atoms. The number of anilines is 1. The average molecular weight is 436 g/mol. The van der Waals surface area contributed by atoms with E-state index in [9.17, 15) is 18.0 Å². The second-order valence-corrected chi connectivity index (χ2v) is 8.76. The molecule has 4 aromatic rings. The van der Waals surface area contributed by atoms with Gasteiger partial charge in [-0.25, -0.2) is 13.2 Å². The molecule has 1 atom stereocenters. The second-order valence-electron chi connectivity index (χ2n) is 7.08. The number of hydrogen-bond acceptors (Lipinski definition) is 4. The molecule has 0 aliphatic rings. The number of nitrogens with one attached hydrogen (secondary N) is 4. The molecule has 9 heteroatoms. The van der Waals surface area contributed by atoms with Crippen molar-refractivity contribution in [2.45, 2.75) is 17.9 Å². The van der Waals surface area contributed by atoms with Gasteiger partial charge in [-0.3, -0.25) is 9.52 Å². The Labute approximate surface area is 178 Å². The van der Waals surface area contributed by atoms with Gasteiger partial charge in [-0.2, -0.15) is 0 Å². The minimum absolute atomic E-state index is 0.159. The highest BCUT2D eigenvalue weighted by Crippen LogP contribution is 2.19. The van der Waals surface area contributed by atoms with E-state index in [-0.39, 0.29) is 22.5 Å². The summed E-state index contributed by atoms with van der Waals surface area (Å²) in [6.45, 7) is 1.84. The molecule has 4 N–H and O–H groups in total. The normalized spacial score (nSPS) is 12.4. The standard InChI is InChI=1S/C22H20N4O4S/c1-14(16-9-12-19-20(13-16)25-22(28)24-19)23-21(27)15-7-10-17(11-8-15)26-31(29,30)18-5-3-2-4-6-18/h2-14,26H,1H3,(H,23,27)(H2,24,25,28). The lowest BCUT2D eigenvalue weighted by Gasteiger charge is -2.15. The number of benzene rings is 3. The van der Waals surface area contributed by atoms with Gasteiger partial charge < -0.3 is 15.3 Å². The molecule has 0 bridgehead atoms. The Balaban J connectivity index is 1.44. The van der Waals surface area contributed by atoms with Crippen LogP contribution in [0.4, 0.5) is 5.69 Å². The first-order valence-electron chi connectivity index (χ1n) is 9.52. The molecule has 0 aliphatic heterocycles. The van der Waals surface area contributed by atoms with Crippen molar-refractivity contribution < 1.29 is 13.2 Å². The van der Waals surface area contributed by atoms with Crippen molar-refractivity contribution in [2.24, 2.45) is 0 Å². The summed E-state index contributed by atoms with van der Waals surface area (Å²) < 4.78 is 27.3. The summed E-state index contributed by atoms with van der Waals surface area (Å²) in [5, 5.41) is 2.90. The van der Waals surface area contributed by atoms with Crippen LogP contribution in [0.5, 0.6) is 0 Å². The van der Waals surface area contributed by atoms with Gasteiger partial charge in [0.2, 0.25) is 0 Å². The van der Waals surface area contributed by atoms with Crippen LogP contribution in [-0.4, -0.2) is 24.3 Å². The van der Waals surface area contributed by atoms with Gasteiger partial charge in [0.25, 0.3) is 15.9 Å². The summed E-state index contributed by atoms with van der Waals surface area (Å²) in [7, 11) is -3.70. The number of amides is 1. The summed E-state index contributed by atoms with van der Waals surface area (Å²) in [4.78, 5) is 29.5. The van der Waals surface area contributed by atoms with Gasteiger partial charge in [-0.05, 0) is 61.0 Å². The molecule has 0 saturated heterocycles. The summed E-state index contributed by atoms with van der Waals surface area (Å²) >= 11 is 0. The highest BCUT2D eigenvalue weighted by molar-refractivity contribution is 7.92. The fraction of sp³-hybridized carbons (Fsp3) is 0.0909. The van der Waals surface area contributed by atoms with Crippen molar-refractivity contribution in [1.82, 2.24) is 15.3 Å². The molecule has 8 nitrogen and oxygen atoms in total. The molecule has 1 amide bonds. The van der Waals surface area contributed by atoms with Gasteiger partial charge in [-0.15, -0.1) is 0 Å². The largest absolute Gasteiger partial charge is 0.346 e. The molecular formula is C22H20N4O4S. The summed E-state index contributed by atoms with van der Waals surface area (Å²) in [5.74, 6) is -0.298. The minimum Gasteiger partial charge on any atom is -0.346 e. The topological polar surface area (TPSA) is 124 Å². The molecule has 1 unspecified atom stereocenters. The summed E-state index contributed by atoms with van der Waals surface area (Å²) in [6.07, 6.45) is 0. The van der Waals surface area contributed by atoms with Gasteiger partial charge >= 0.3 is 5.69 Å². The third-order valence-corrected chi connectivity index (χ3v) is 6.24. The number of carbonyl (C=O) groups excluding carboxylic acids is 1. The third kappa shape index (κ3) is 4.51. The van der Waals surface area contributed by atoms with Crippen molar-refractivity contribution in [1.29, 1.82) is 0 Å². The number of aromatic nitrogens is 2. The number of imidazole rings is 1. The molecule has 1 heterocycles. The monoisotopic (exact) mass is 436 g/mol. The van der Waals surface area contributed by atoms with Crippen LogP contribution in [0.1, 0.15) is 28.9 Å². The van der Waals surface area contributed by atoms with Crippen LogP contribution < -0.4 is 15.7 Å². The van der Waals surface area contributed by atoms with E-state index in [0.717, 1.165) is 5.56 Å². The Hall–Kier alpha value is -3.85. The molecule has 0 radical (unpaired) electrons. The summed E-state index contributed by atoms with van der Waals surface area (Å²) in [6, 6.07) is 19.3. The van der Waals surface area contributed by atoms with Crippen LogP contribution in [0, 0.1) is 0 Å². The van der Waals surface area contributed by atoms with E-state index in [1.807, 2.05) is 13.0 Å². The average Bonchev–Trinajstić information content (AvgIpc) is 3.13. The van der Waals surface area contributed by atoms with Crippen LogP contribution in [0.2, 0.25) is 0 Å². The van der Waals surface area contributed by atoms with E-state index in [2.05, 4.69) is 20.0 Å². The van der Waals surface area contributed by atoms with Crippen LogP contribution in [0.25, 0.3) is 11.0 Å². The first kappa shape index (κ1) is 20.4. The van der Waals surface area contributed by atoms with E-state index >= 15 is 0 Å². The van der Waals surface area contributed by atoms with E-state index in [1.54, 1.807) is 42.5 Å². The molecule has 158 valence electrons. The molecule has 0 spiro atoms. The zero-order valence-electron chi connectivity index (χ0n) is 16.5. The van der Waals surface area contributed by atoms with E-state index in [4.69, 9.17) is 0 Å². The van der Waals surface area contributed by atoms with Crippen LogP contribution in [0.15, 0.2) is 82.5 Å². The van der Waals surface area contributed by atoms with Crippen molar-refractivity contribution in [3.05, 3.63) is 94.4 Å². The highest BCUT2D eigenvalue weighted by atomic mass is 32.2. The maximum atomic E-state index is 12.6. The molecule has 3 aromatic carbocycles. The highest BCUT2D eigenvalue weighted by Gasteiger charge is 2.15. The number of fused-ring (bicyclic) bond motifs is 1. The predicted molar refractivity (Wildman–Crippen MR) is 118 cm³/mol. The molecule has 1 aromatic heterocycles. The van der Waals surface area contributed by atoms with Crippen LogP contribution >= 0.6 is 0 Å². The van der Waals surface area contributed by atoms with Crippen molar-refractivity contribution >= 4 is 32.7 Å². The number of sulfonamides is 1. The summed E-state index contributed by atoms with van der Waals surface area (Å²) in [5.41, 5.74) is 2.66. The molecule has 4 rings (SSSR count). The Morgan fingerprint density at radius 2 is 1.58 bits per heavy atom. The molecular weight excluding hydrogens is 416 g/mol. The fourth-order valence-corrected chi connectivity index (χ4v) is 4.27. The lowest BCUT2D eigenvalue weighted by Crippen LogP contribution is -2.26. The minimum atomic E-state index is -3.70. The van der Waals surface area contributed by atoms with Crippen LogP contribution in [-0.2, 0) is 10.0 Å². The first-order valence-corrected chi connectivity index (χ1v) is 11.0. The molecule has 0 fully saturated rings. The fourth-order valence-electron chi connectivity index (χ4n) is 3.19. The third-order valence-electron chi connectivity index (χ3n) is 4.84. The number of carbonyl (C=O) groups is 1. The van der Waals surface area contributed by atoms with Crippen LogP contribution in [0.3, 0.4) is 0 Å². The Morgan fingerprint density at radius 3 is 2.29 bits per heavy atom. The lowest BCUT2D eigenvalue weighted by atomic mass is 10.1. The smallest absolute Gasteiger partial charge is 0.323 e. The van der Waals surface area contributed by atoms with Gasteiger partial charge in [-0.1, -0.05) is 24.3 Å². The zero-order chi connectivity index (χ0) is 22.0. The number of aromatic amines is 2. The van der Waals surface area contributed by atoms with Gasteiger partial charge in [0.05, 0.1) is 22.0 Å². The maximum absolute atomic E-state index is 12.6. The SMILES string of the molecule is CC(NC(=O)c1ccc(NS(=O)(=O)c2ccccc2)cc1)c1ccc2[nH]c(=O)[nH]c2c1. The second kappa shape index (κ2) is 8.11. The molecule has 0 aliphatic carbocycles. The number of rotatable bonds is 6.